The first-order chi connectivity index (χ1) is 16.9. The Morgan fingerprint density at radius 3 is 2.43 bits per heavy atom. The molecule has 2 aromatic carbocycles. The van der Waals surface area contributed by atoms with E-state index in [0.717, 1.165) is 50.7 Å². The van der Waals surface area contributed by atoms with Crippen molar-refractivity contribution in [1.29, 1.82) is 0 Å². The normalized spacial score (nSPS) is 17.7. The lowest BCUT2D eigenvalue weighted by atomic mass is 9.95. The van der Waals surface area contributed by atoms with Gasteiger partial charge in [-0.3, -0.25) is 0 Å². The molecule has 3 rings (SSSR count). The summed E-state index contributed by atoms with van der Waals surface area (Å²) in [7, 11) is 0. The maximum Gasteiger partial charge on any atom is 0.338 e. The van der Waals surface area contributed by atoms with Gasteiger partial charge in [-0.1, -0.05) is 18.2 Å². The van der Waals surface area contributed by atoms with Gasteiger partial charge in [-0.2, -0.15) is 0 Å². The molecule has 4 N–H and O–H groups in total. The van der Waals surface area contributed by atoms with Gasteiger partial charge in [0.1, 0.15) is 12.7 Å². The molecule has 0 saturated heterocycles. The third-order valence-electron chi connectivity index (χ3n) is 5.90. The molecule has 0 unspecified atom stereocenters. The lowest BCUT2D eigenvalue weighted by Gasteiger charge is -2.28. The Morgan fingerprint density at radius 1 is 1.00 bits per heavy atom. The van der Waals surface area contributed by atoms with Gasteiger partial charge in [-0.25, -0.2) is 9.59 Å². The van der Waals surface area contributed by atoms with E-state index in [0.29, 0.717) is 22.5 Å². The number of allylic oxidation sites excluding steroid dienone is 1. The molecular formula is C28H34N2O5. The van der Waals surface area contributed by atoms with Gasteiger partial charge in [0.25, 0.3) is 0 Å². The van der Waals surface area contributed by atoms with Crippen molar-refractivity contribution in [2.45, 2.75) is 57.3 Å². The van der Waals surface area contributed by atoms with Crippen LogP contribution in [0.4, 0.5) is 11.4 Å². The molecule has 2 aromatic rings. The fraction of sp³-hybridized carbons (Fsp3) is 0.357. The number of nitrogens with two attached hydrogens (primary N) is 2. The minimum atomic E-state index is -0.504. The van der Waals surface area contributed by atoms with Crippen LogP contribution in [0.15, 0.2) is 61.2 Å². The number of carbonyl (C=O) groups is 2. The molecule has 0 spiro atoms. The molecule has 186 valence electrons. The van der Waals surface area contributed by atoms with E-state index in [-0.39, 0.29) is 24.8 Å². The van der Waals surface area contributed by atoms with Gasteiger partial charge in [0.05, 0.1) is 11.7 Å². The molecule has 35 heavy (non-hydrogen) atoms. The Bertz CT molecular complexity index is 1020. The van der Waals surface area contributed by atoms with E-state index in [4.69, 9.17) is 25.7 Å². The van der Waals surface area contributed by atoms with Crippen LogP contribution in [0.1, 0.15) is 60.0 Å². The second-order valence-electron chi connectivity index (χ2n) is 8.63. The SMILES string of the molecule is C=CCCCOC1CCC(OC(=O)c2ccc(/C=C/C(=O)OCc3cc(N)ccc3N)cc2)CC1. The van der Waals surface area contributed by atoms with Crippen molar-refractivity contribution in [3.05, 3.63) is 77.9 Å². The molecule has 7 heteroatoms. The summed E-state index contributed by atoms with van der Waals surface area (Å²) in [5.74, 6) is -0.842. The predicted molar refractivity (Wildman–Crippen MR) is 137 cm³/mol. The molecule has 1 saturated carbocycles. The molecule has 0 radical (unpaired) electrons. The molecule has 0 amide bonds. The topological polar surface area (TPSA) is 114 Å². The second-order valence-corrected chi connectivity index (χ2v) is 8.63. The van der Waals surface area contributed by atoms with E-state index in [1.165, 1.54) is 6.08 Å². The zero-order valence-corrected chi connectivity index (χ0v) is 20.0. The first-order valence-electron chi connectivity index (χ1n) is 12.0. The Morgan fingerprint density at radius 2 is 1.71 bits per heavy atom. The van der Waals surface area contributed by atoms with Crippen LogP contribution in [0.2, 0.25) is 0 Å². The van der Waals surface area contributed by atoms with Crippen molar-refractivity contribution < 1.29 is 23.8 Å². The molecule has 1 fully saturated rings. The number of benzene rings is 2. The quantitative estimate of drug-likeness (QED) is 0.153. The number of anilines is 2. The summed E-state index contributed by atoms with van der Waals surface area (Å²) in [5, 5.41) is 0. The Labute approximate surface area is 206 Å². The number of hydrogen-bond donors (Lipinski definition) is 2. The number of esters is 2. The molecule has 1 aliphatic rings. The highest BCUT2D eigenvalue weighted by molar-refractivity contribution is 5.90. The largest absolute Gasteiger partial charge is 0.459 e. The van der Waals surface area contributed by atoms with Gasteiger partial charge < -0.3 is 25.7 Å². The van der Waals surface area contributed by atoms with Crippen LogP contribution in [0.3, 0.4) is 0 Å². The molecule has 0 bridgehead atoms. The fourth-order valence-electron chi connectivity index (χ4n) is 3.86. The molecule has 7 nitrogen and oxygen atoms in total. The molecule has 0 atom stereocenters. The molecule has 1 aliphatic carbocycles. The maximum atomic E-state index is 12.5. The van der Waals surface area contributed by atoms with Crippen molar-refractivity contribution >= 4 is 29.4 Å². The van der Waals surface area contributed by atoms with Gasteiger partial charge in [0, 0.05) is 29.6 Å². The third kappa shape index (κ3) is 8.61. The average molecular weight is 479 g/mol. The minimum Gasteiger partial charge on any atom is -0.459 e. The number of hydrogen-bond acceptors (Lipinski definition) is 7. The summed E-state index contributed by atoms with van der Waals surface area (Å²) in [4.78, 5) is 24.5. The highest BCUT2D eigenvalue weighted by Gasteiger charge is 2.24. The highest BCUT2D eigenvalue weighted by Crippen LogP contribution is 2.25. The number of ether oxygens (including phenoxy) is 3. The van der Waals surface area contributed by atoms with Crippen LogP contribution in [0, 0.1) is 0 Å². The van der Waals surface area contributed by atoms with Gasteiger partial charge in [-0.05, 0) is 80.5 Å². The predicted octanol–water partition coefficient (Wildman–Crippen LogP) is 5.06. The number of unbranched alkanes of at least 4 members (excludes halogenated alkanes) is 1. The monoisotopic (exact) mass is 478 g/mol. The smallest absolute Gasteiger partial charge is 0.338 e. The van der Waals surface area contributed by atoms with Crippen LogP contribution in [-0.2, 0) is 25.6 Å². The first-order valence-corrected chi connectivity index (χ1v) is 12.0. The summed E-state index contributed by atoms with van der Waals surface area (Å²) >= 11 is 0. The van der Waals surface area contributed by atoms with Crippen molar-refractivity contribution in [2.75, 3.05) is 18.1 Å². The summed E-state index contributed by atoms with van der Waals surface area (Å²) < 4.78 is 16.8. The molecule has 0 heterocycles. The summed E-state index contributed by atoms with van der Waals surface area (Å²) in [6.45, 7) is 4.50. The second kappa shape index (κ2) is 13.3. The lowest BCUT2D eigenvalue weighted by Crippen LogP contribution is -2.28. The Kier molecular flexibility index (Phi) is 9.93. The third-order valence-corrected chi connectivity index (χ3v) is 5.90. The van der Waals surface area contributed by atoms with Crippen LogP contribution in [0.5, 0.6) is 0 Å². The van der Waals surface area contributed by atoms with Crippen molar-refractivity contribution in [2.24, 2.45) is 0 Å². The highest BCUT2D eigenvalue weighted by atomic mass is 16.5. The van der Waals surface area contributed by atoms with E-state index in [2.05, 4.69) is 6.58 Å². The van der Waals surface area contributed by atoms with Gasteiger partial charge in [-0.15, -0.1) is 6.58 Å². The van der Waals surface area contributed by atoms with Gasteiger partial charge >= 0.3 is 11.9 Å². The fourth-order valence-corrected chi connectivity index (χ4v) is 3.86. The van der Waals surface area contributed by atoms with Gasteiger partial charge in [0.2, 0.25) is 0 Å². The summed E-state index contributed by atoms with van der Waals surface area (Å²) in [5.41, 5.74) is 14.5. The zero-order chi connectivity index (χ0) is 25.0. The van der Waals surface area contributed by atoms with E-state index < -0.39 is 5.97 Å². The summed E-state index contributed by atoms with van der Waals surface area (Å²) in [6.07, 6.45) is 10.4. The lowest BCUT2D eigenvalue weighted by molar-refractivity contribution is -0.138. The van der Waals surface area contributed by atoms with Gasteiger partial charge in [0.15, 0.2) is 0 Å². The van der Waals surface area contributed by atoms with Crippen LogP contribution < -0.4 is 11.5 Å². The Hall–Kier alpha value is -3.58. The minimum absolute atomic E-state index is 0.0359. The maximum absolute atomic E-state index is 12.5. The van der Waals surface area contributed by atoms with E-state index in [1.807, 2.05) is 6.08 Å². The number of rotatable bonds is 11. The van der Waals surface area contributed by atoms with E-state index in [9.17, 15) is 9.59 Å². The summed E-state index contributed by atoms with van der Waals surface area (Å²) in [6, 6.07) is 11.9. The molecular weight excluding hydrogens is 444 g/mol. The molecule has 0 aromatic heterocycles. The van der Waals surface area contributed by atoms with Crippen molar-refractivity contribution in [1.82, 2.24) is 0 Å². The standard InChI is InChI=1S/C28H34N2O5/c1-2-3-4-17-33-24-11-13-25(14-12-24)35-28(32)21-8-5-20(6-9-21)7-16-27(31)34-19-22-18-23(29)10-15-26(22)30/h2,5-10,15-16,18,24-25H,1,3-4,11-14,17,19,29-30H2/b16-7+. The van der Waals surface area contributed by atoms with Crippen LogP contribution in [0.25, 0.3) is 6.08 Å². The van der Waals surface area contributed by atoms with Crippen LogP contribution in [-0.4, -0.2) is 30.8 Å². The Balaban J connectivity index is 1.41. The number of nitrogen functional groups attached to an aromatic ring is 2. The first kappa shape index (κ1) is 26.0. The van der Waals surface area contributed by atoms with Crippen LogP contribution >= 0.6 is 0 Å². The van der Waals surface area contributed by atoms with Crippen molar-refractivity contribution in [3.8, 4) is 0 Å². The van der Waals surface area contributed by atoms with E-state index >= 15 is 0 Å². The average Bonchev–Trinajstić information content (AvgIpc) is 2.87. The number of carbonyl (C=O) groups excluding carboxylic acids is 2. The zero-order valence-electron chi connectivity index (χ0n) is 20.0. The van der Waals surface area contributed by atoms with Crippen molar-refractivity contribution in [3.63, 3.8) is 0 Å². The molecule has 0 aliphatic heterocycles. The van der Waals surface area contributed by atoms with E-state index in [1.54, 1.807) is 48.5 Å².